The van der Waals surface area contributed by atoms with Crippen LogP contribution in [0.2, 0.25) is 5.02 Å². The van der Waals surface area contributed by atoms with Gasteiger partial charge in [-0.05, 0) is 42.2 Å². The van der Waals surface area contributed by atoms with Crippen molar-refractivity contribution in [3.05, 3.63) is 41.2 Å². The third-order valence-electron chi connectivity index (χ3n) is 3.15. The van der Waals surface area contributed by atoms with Crippen LogP contribution in [0.1, 0.15) is 5.56 Å². The first-order valence-corrected chi connectivity index (χ1v) is 7.30. The zero-order valence-corrected chi connectivity index (χ0v) is 13.4. The van der Waals surface area contributed by atoms with Crippen LogP contribution in [0.3, 0.4) is 0 Å². The molecule has 0 saturated carbocycles. The summed E-state index contributed by atoms with van der Waals surface area (Å²) in [6, 6.07) is 7.50. The molecule has 7 nitrogen and oxygen atoms in total. The molecule has 8 heteroatoms. The summed E-state index contributed by atoms with van der Waals surface area (Å²) in [6.45, 7) is 2.09. The number of nitrogens with zero attached hydrogens (tertiary/aromatic N) is 6. The molecule has 0 saturated heterocycles. The molecule has 0 bridgehead atoms. The Morgan fingerprint density at radius 3 is 2.55 bits per heavy atom. The highest BCUT2D eigenvalue weighted by Crippen LogP contribution is 2.12. The minimum absolute atomic E-state index is 0.0240. The highest BCUT2D eigenvalue weighted by atomic mass is 35.5. The monoisotopic (exact) mass is 322 g/mol. The quantitative estimate of drug-likeness (QED) is 0.758. The molecule has 0 fully saturated rings. The number of aromatic nitrogens is 4. The highest BCUT2D eigenvalue weighted by molar-refractivity contribution is 6.30. The lowest BCUT2D eigenvalue weighted by Gasteiger charge is -2.24. The number of halogens is 1. The summed E-state index contributed by atoms with van der Waals surface area (Å²) in [5, 5.41) is 11.5. The fourth-order valence-electron chi connectivity index (χ4n) is 1.91. The number of carbonyl (C=O) groups is 1. The maximum atomic E-state index is 12.5. The molecule has 0 N–H and O–H groups in total. The van der Waals surface area contributed by atoms with Crippen LogP contribution in [0.25, 0.3) is 0 Å². The minimum atomic E-state index is -0.0240. The molecular weight excluding hydrogens is 304 g/mol. The topological polar surface area (TPSA) is 67.2 Å². The van der Waals surface area contributed by atoms with Crippen molar-refractivity contribution >= 4 is 17.5 Å². The van der Waals surface area contributed by atoms with Crippen LogP contribution in [0.5, 0.6) is 0 Å². The Hall–Kier alpha value is -1.99. The van der Waals surface area contributed by atoms with Gasteiger partial charge in [0, 0.05) is 24.7 Å². The van der Waals surface area contributed by atoms with Gasteiger partial charge in [0.2, 0.25) is 5.91 Å². The summed E-state index contributed by atoms with van der Waals surface area (Å²) in [7, 11) is 3.96. The van der Waals surface area contributed by atoms with E-state index in [2.05, 4.69) is 15.5 Å². The SMILES string of the molecule is CN(C)CCN(Cc1ccc(Cl)cc1)C(=O)Cn1cnnn1. The lowest BCUT2D eigenvalue weighted by molar-refractivity contribution is -0.132. The number of carbonyl (C=O) groups excluding carboxylic acids is 1. The maximum absolute atomic E-state index is 12.5. The van der Waals surface area contributed by atoms with Crippen LogP contribution in [-0.4, -0.2) is 63.1 Å². The first kappa shape index (κ1) is 16.4. The molecule has 22 heavy (non-hydrogen) atoms. The van der Waals surface area contributed by atoms with Crippen molar-refractivity contribution in [2.75, 3.05) is 27.2 Å². The normalized spacial score (nSPS) is 10.9. The van der Waals surface area contributed by atoms with Crippen molar-refractivity contribution in [1.29, 1.82) is 0 Å². The predicted molar refractivity (Wildman–Crippen MR) is 83.2 cm³/mol. The van der Waals surface area contributed by atoms with E-state index in [-0.39, 0.29) is 12.5 Å². The number of amides is 1. The fourth-order valence-corrected chi connectivity index (χ4v) is 2.04. The molecule has 0 atom stereocenters. The summed E-state index contributed by atoms with van der Waals surface area (Å²) in [5.41, 5.74) is 1.04. The Morgan fingerprint density at radius 1 is 1.23 bits per heavy atom. The Labute approximate surface area is 134 Å². The standard InChI is InChI=1S/C14H19ClN6O/c1-19(2)7-8-20(9-12-3-5-13(15)6-4-12)14(22)10-21-11-16-17-18-21/h3-6,11H,7-10H2,1-2H3. The van der Waals surface area contributed by atoms with Crippen LogP contribution in [-0.2, 0) is 17.9 Å². The van der Waals surface area contributed by atoms with Crippen molar-refractivity contribution in [3.63, 3.8) is 0 Å². The third kappa shape index (κ3) is 5.09. The molecule has 0 aliphatic heterocycles. The number of likely N-dealkylation sites (N-methyl/N-ethyl adjacent to an activating group) is 1. The zero-order chi connectivity index (χ0) is 15.9. The van der Waals surface area contributed by atoms with Gasteiger partial charge in [0.25, 0.3) is 0 Å². The molecule has 1 aromatic carbocycles. The number of hydrogen-bond donors (Lipinski definition) is 0. The summed E-state index contributed by atoms with van der Waals surface area (Å²) in [4.78, 5) is 16.3. The average Bonchev–Trinajstić information content (AvgIpc) is 2.98. The second kappa shape index (κ2) is 7.86. The molecule has 0 unspecified atom stereocenters. The molecule has 0 aliphatic rings. The smallest absolute Gasteiger partial charge is 0.244 e. The lowest BCUT2D eigenvalue weighted by Crippen LogP contribution is -2.38. The fraction of sp³-hybridized carbons (Fsp3) is 0.429. The summed E-state index contributed by atoms with van der Waals surface area (Å²) in [6.07, 6.45) is 1.43. The van der Waals surface area contributed by atoms with E-state index in [4.69, 9.17) is 11.6 Å². The molecular formula is C14H19ClN6O. The van der Waals surface area contributed by atoms with E-state index in [9.17, 15) is 4.79 Å². The molecule has 1 amide bonds. The van der Waals surface area contributed by atoms with Gasteiger partial charge < -0.3 is 9.80 Å². The minimum Gasteiger partial charge on any atom is -0.335 e. The van der Waals surface area contributed by atoms with Gasteiger partial charge in [-0.1, -0.05) is 23.7 Å². The largest absolute Gasteiger partial charge is 0.335 e. The van der Waals surface area contributed by atoms with Crippen molar-refractivity contribution in [2.24, 2.45) is 0 Å². The maximum Gasteiger partial charge on any atom is 0.244 e. The average molecular weight is 323 g/mol. The van der Waals surface area contributed by atoms with Crippen molar-refractivity contribution < 1.29 is 4.79 Å². The molecule has 1 heterocycles. The van der Waals surface area contributed by atoms with E-state index in [0.717, 1.165) is 12.1 Å². The summed E-state index contributed by atoms with van der Waals surface area (Å²) in [5.74, 6) is -0.0240. The molecule has 2 aromatic rings. The summed E-state index contributed by atoms with van der Waals surface area (Å²) < 4.78 is 1.42. The van der Waals surface area contributed by atoms with Crippen molar-refractivity contribution in [1.82, 2.24) is 30.0 Å². The number of rotatable bonds is 7. The van der Waals surface area contributed by atoms with E-state index < -0.39 is 0 Å². The van der Waals surface area contributed by atoms with Gasteiger partial charge in [-0.15, -0.1) is 5.10 Å². The number of hydrogen-bond acceptors (Lipinski definition) is 5. The molecule has 118 valence electrons. The van der Waals surface area contributed by atoms with E-state index in [1.807, 2.05) is 43.3 Å². The number of benzene rings is 1. The molecule has 0 radical (unpaired) electrons. The molecule has 0 aliphatic carbocycles. The van der Waals surface area contributed by atoms with Gasteiger partial charge in [-0.3, -0.25) is 4.79 Å². The van der Waals surface area contributed by atoms with Crippen molar-refractivity contribution in [3.8, 4) is 0 Å². The van der Waals surface area contributed by atoms with E-state index in [1.165, 1.54) is 11.0 Å². The van der Waals surface area contributed by atoms with Gasteiger partial charge in [-0.25, -0.2) is 4.68 Å². The molecule has 1 aromatic heterocycles. The second-order valence-electron chi connectivity index (χ2n) is 5.25. The second-order valence-corrected chi connectivity index (χ2v) is 5.69. The van der Waals surface area contributed by atoms with Gasteiger partial charge >= 0.3 is 0 Å². The van der Waals surface area contributed by atoms with Gasteiger partial charge in [0.1, 0.15) is 12.9 Å². The third-order valence-corrected chi connectivity index (χ3v) is 3.40. The van der Waals surface area contributed by atoms with Crippen LogP contribution in [0.4, 0.5) is 0 Å². The van der Waals surface area contributed by atoms with Crippen LogP contribution in [0, 0.1) is 0 Å². The number of tetrazole rings is 1. The van der Waals surface area contributed by atoms with Crippen LogP contribution >= 0.6 is 11.6 Å². The Balaban J connectivity index is 2.04. The Morgan fingerprint density at radius 2 is 1.95 bits per heavy atom. The molecule has 0 spiro atoms. The Bertz CT molecular complexity index is 584. The van der Waals surface area contributed by atoms with Gasteiger partial charge in [0.15, 0.2) is 0 Å². The summed E-state index contributed by atoms with van der Waals surface area (Å²) >= 11 is 5.90. The van der Waals surface area contributed by atoms with Gasteiger partial charge in [-0.2, -0.15) is 0 Å². The van der Waals surface area contributed by atoms with E-state index >= 15 is 0 Å². The first-order valence-electron chi connectivity index (χ1n) is 6.92. The zero-order valence-electron chi connectivity index (χ0n) is 12.7. The molecule has 2 rings (SSSR count). The predicted octanol–water partition coefficient (Wildman–Crippen LogP) is 0.917. The highest BCUT2D eigenvalue weighted by Gasteiger charge is 2.15. The van der Waals surface area contributed by atoms with Crippen LogP contribution in [0.15, 0.2) is 30.6 Å². The van der Waals surface area contributed by atoms with Crippen LogP contribution < -0.4 is 0 Å². The Kier molecular flexibility index (Phi) is 5.85. The van der Waals surface area contributed by atoms with Gasteiger partial charge in [0.05, 0.1) is 0 Å². The lowest BCUT2D eigenvalue weighted by atomic mass is 10.2. The van der Waals surface area contributed by atoms with E-state index in [1.54, 1.807) is 4.90 Å². The first-order chi connectivity index (χ1) is 10.5. The van der Waals surface area contributed by atoms with Crippen molar-refractivity contribution in [2.45, 2.75) is 13.1 Å². The van der Waals surface area contributed by atoms with E-state index in [0.29, 0.717) is 18.1 Å².